The van der Waals surface area contributed by atoms with E-state index in [0.717, 1.165) is 42.0 Å². The molecule has 1 aliphatic rings. The van der Waals surface area contributed by atoms with Gasteiger partial charge in [-0.2, -0.15) is 5.10 Å². The minimum atomic E-state index is -0.160. The molecule has 1 amide bonds. The van der Waals surface area contributed by atoms with Crippen LogP contribution in [0.2, 0.25) is 0 Å². The number of benzene rings is 1. The van der Waals surface area contributed by atoms with Gasteiger partial charge < -0.3 is 20.1 Å². The van der Waals surface area contributed by atoms with Gasteiger partial charge >= 0.3 is 0 Å². The Bertz CT molecular complexity index is 720. The van der Waals surface area contributed by atoms with Crippen molar-refractivity contribution in [3.8, 4) is 5.75 Å². The molecule has 26 heavy (non-hydrogen) atoms. The van der Waals surface area contributed by atoms with Crippen LogP contribution in [0, 0.1) is 0 Å². The van der Waals surface area contributed by atoms with E-state index in [9.17, 15) is 4.79 Å². The van der Waals surface area contributed by atoms with Crippen LogP contribution >= 0.6 is 12.4 Å². The zero-order valence-corrected chi connectivity index (χ0v) is 15.7. The highest BCUT2D eigenvalue weighted by molar-refractivity contribution is 5.94. The van der Waals surface area contributed by atoms with Crippen molar-refractivity contribution in [2.24, 2.45) is 0 Å². The largest absolute Gasteiger partial charge is 0.493 e. The summed E-state index contributed by atoms with van der Waals surface area (Å²) < 4.78 is 10.7. The van der Waals surface area contributed by atoms with Crippen LogP contribution in [0.15, 0.2) is 24.3 Å². The Morgan fingerprint density at radius 1 is 1.35 bits per heavy atom. The summed E-state index contributed by atoms with van der Waals surface area (Å²) >= 11 is 0. The summed E-state index contributed by atoms with van der Waals surface area (Å²) in [5, 5.41) is 13.3. The number of fused-ring (bicyclic) bond motifs is 1. The highest BCUT2D eigenvalue weighted by Crippen LogP contribution is 2.16. The lowest BCUT2D eigenvalue weighted by atomic mass is 10.1. The molecule has 3 rings (SSSR count). The summed E-state index contributed by atoms with van der Waals surface area (Å²) in [4.78, 5) is 12.4. The standard InChI is InChI=1S/C18H24N4O3.ClH/c1-24-8-3-9-25-14-5-2-4-13(10-14)11-20-18(23)17-15-12-19-7-6-16(15)21-22-17;/h2,4-5,10,19H,3,6-9,11-12H2,1H3,(H,20,23)(H,21,22);1H. The average Bonchev–Trinajstić information content (AvgIpc) is 3.08. The third kappa shape index (κ3) is 5.20. The molecule has 142 valence electrons. The van der Waals surface area contributed by atoms with E-state index in [1.807, 2.05) is 24.3 Å². The van der Waals surface area contributed by atoms with E-state index in [0.29, 0.717) is 32.0 Å². The molecule has 2 heterocycles. The second-order valence-corrected chi connectivity index (χ2v) is 5.98. The molecule has 0 bridgehead atoms. The van der Waals surface area contributed by atoms with Gasteiger partial charge in [0.25, 0.3) is 5.91 Å². The number of carbonyl (C=O) groups excluding carboxylic acids is 1. The second kappa shape index (κ2) is 10.2. The number of H-pyrrole nitrogens is 1. The van der Waals surface area contributed by atoms with E-state index in [2.05, 4.69) is 20.8 Å². The molecule has 7 nitrogen and oxygen atoms in total. The maximum atomic E-state index is 12.4. The van der Waals surface area contributed by atoms with Gasteiger partial charge in [0.15, 0.2) is 5.69 Å². The third-order valence-corrected chi connectivity index (χ3v) is 4.13. The molecule has 1 aliphatic heterocycles. The number of halogens is 1. The Morgan fingerprint density at radius 2 is 2.23 bits per heavy atom. The van der Waals surface area contributed by atoms with Crippen molar-refractivity contribution in [3.05, 3.63) is 46.8 Å². The molecule has 1 aromatic carbocycles. The Labute approximate surface area is 159 Å². The minimum Gasteiger partial charge on any atom is -0.493 e. The smallest absolute Gasteiger partial charge is 0.272 e. The molecular weight excluding hydrogens is 356 g/mol. The molecule has 0 radical (unpaired) electrons. The molecule has 0 unspecified atom stereocenters. The number of nitrogens with one attached hydrogen (secondary N) is 3. The number of amides is 1. The van der Waals surface area contributed by atoms with E-state index in [4.69, 9.17) is 9.47 Å². The molecule has 0 atom stereocenters. The summed E-state index contributed by atoms with van der Waals surface area (Å²) in [6.45, 7) is 3.31. The number of aromatic nitrogens is 2. The summed E-state index contributed by atoms with van der Waals surface area (Å²) in [6.07, 6.45) is 1.72. The summed E-state index contributed by atoms with van der Waals surface area (Å²) in [7, 11) is 1.68. The number of methoxy groups -OCH3 is 1. The molecule has 0 saturated carbocycles. The Kier molecular flexibility index (Phi) is 7.90. The van der Waals surface area contributed by atoms with Crippen molar-refractivity contribution in [2.75, 3.05) is 26.9 Å². The van der Waals surface area contributed by atoms with E-state index in [-0.39, 0.29) is 18.3 Å². The zero-order valence-electron chi connectivity index (χ0n) is 14.8. The topological polar surface area (TPSA) is 88.3 Å². The van der Waals surface area contributed by atoms with Gasteiger partial charge in [-0.25, -0.2) is 0 Å². The van der Waals surface area contributed by atoms with Crippen molar-refractivity contribution in [2.45, 2.75) is 25.9 Å². The molecule has 1 aromatic heterocycles. The molecule has 2 aromatic rings. The van der Waals surface area contributed by atoms with Crippen molar-refractivity contribution in [1.82, 2.24) is 20.8 Å². The van der Waals surface area contributed by atoms with Crippen LogP contribution in [0.5, 0.6) is 5.75 Å². The lowest BCUT2D eigenvalue weighted by Crippen LogP contribution is -2.28. The van der Waals surface area contributed by atoms with Crippen molar-refractivity contribution in [3.63, 3.8) is 0 Å². The Morgan fingerprint density at radius 3 is 3.08 bits per heavy atom. The van der Waals surface area contributed by atoms with Gasteiger partial charge in [0, 0.05) is 57.4 Å². The maximum Gasteiger partial charge on any atom is 0.272 e. The third-order valence-electron chi connectivity index (χ3n) is 4.13. The first-order valence-corrected chi connectivity index (χ1v) is 8.53. The van der Waals surface area contributed by atoms with E-state index in [1.54, 1.807) is 7.11 Å². The first-order valence-electron chi connectivity index (χ1n) is 8.53. The summed E-state index contributed by atoms with van der Waals surface area (Å²) in [5.74, 6) is 0.636. The number of nitrogens with zero attached hydrogens (tertiary/aromatic N) is 1. The number of carbonyl (C=O) groups is 1. The van der Waals surface area contributed by atoms with Gasteiger partial charge in [-0.1, -0.05) is 12.1 Å². The quantitative estimate of drug-likeness (QED) is 0.608. The van der Waals surface area contributed by atoms with Crippen LogP contribution in [0.1, 0.15) is 33.7 Å². The summed E-state index contributed by atoms with van der Waals surface area (Å²) in [6, 6.07) is 7.74. The zero-order chi connectivity index (χ0) is 17.5. The monoisotopic (exact) mass is 380 g/mol. The first-order chi connectivity index (χ1) is 12.3. The van der Waals surface area contributed by atoms with Gasteiger partial charge in [-0.15, -0.1) is 12.4 Å². The molecule has 0 aliphatic carbocycles. The number of hydrogen-bond acceptors (Lipinski definition) is 5. The minimum absolute atomic E-state index is 0. The van der Waals surface area contributed by atoms with Gasteiger partial charge in [-0.05, 0) is 17.7 Å². The highest BCUT2D eigenvalue weighted by Gasteiger charge is 2.21. The molecular formula is C18H25ClN4O3. The van der Waals surface area contributed by atoms with Crippen LogP contribution < -0.4 is 15.4 Å². The van der Waals surface area contributed by atoms with Gasteiger partial charge in [-0.3, -0.25) is 9.89 Å². The average molecular weight is 381 g/mol. The molecule has 8 heteroatoms. The number of hydrogen-bond donors (Lipinski definition) is 3. The fourth-order valence-electron chi connectivity index (χ4n) is 2.82. The van der Waals surface area contributed by atoms with E-state index in [1.165, 1.54) is 0 Å². The van der Waals surface area contributed by atoms with Gasteiger partial charge in [0.1, 0.15) is 5.75 Å². The lowest BCUT2D eigenvalue weighted by Gasteiger charge is -2.13. The second-order valence-electron chi connectivity index (χ2n) is 5.98. The fourth-order valence-corrected chi connectivity index (χ4v) is 2.82. The normalized spacial score (nSPS) is 12.8. The van der Waals surface area contributed by atoms with Crippen LogP contribution in [0.4, 0.5) is 0 Å². The Balaban J connectivity index is 0.00000243. The van der Waals surface area contributed by atoms with Gasteiger partial charge in [0.05, 0.1) is 6.61 Å². The molecule has 0 fully saturated rings. The number of ether oxygens (including phenoxy) is 2. The van der Waals surface area contributed by atoms with Crippen molar-refractivity contribution < 1.29 is 14.3 Å². The van der Waals surface area contributed by atoms with Gasteiger partial charge in [0.2, 0.25) is 0 Å². The number of rotatable bonds is 8. The van der Waals surface area contributed by atoms with Crippen LogP contribution in [0.25, 0.3) is 0 Å². The highest BCUT2D eigenvalue weighted by atomic mass is 35.5. The predicted octanol–water partition coefficient (Wildman–Crippen LogP) is 1.82. The van der Waals surface area contributed by atoms with E-state index >= 15 is 0 Å². The SMILES string of the molecule is COCCCOc1cccc(CNC(=O)c2n[nH]c3c2CNCC3)c1.Cl. The maximum absolute atomic E-state index is 12.4. The molecule has 0 saturated heterocycles. The Hall–Kier alpha value is -2.09. The van der Waals surface area contributed by atoms with E-state index < -0.39 is 0 Å². The number of aromatic amines is 1. The van der Waals surface area contributed by atoms with Crippen molar-refractivity contribution >= 4 is 18.3 Å². The van der Waals surface area contributed by atoms with Crippen LogP contribution in [-0.4, -0.2) is 43.0 Å². The molecule has 3 N–H and O–H groups in total. The van der Waals surface area contributed by atoms with Crippen LogP contribution in [0.3, 0.4) is 0 Å². The predicted molar refractivity (Wildman–Crippen MR) is 101 cm³/mol. The summed E-state index contributed by atoms with van der Waals surface area (Å²) in [5.41, 5.74) is 3.49. The fraction of sp³-hybridized carbons (Fsp3) is 0.444. The van der Waals surface area contributed by atoms with Crippen LogP contribution in [-0.2, 0) is 24.2 Å². The molecule has 0 spiro atoms. The van der Waals surface area contributed by atoms with Crippen molar-refractivity contribution in [1.29, 1.82) is 0 Å². The first kappa shape index (κ1) is 20.2. The lowest BCUT2D eigenvalue weighted by molar-refractivity contribution is 0.0944.